The molecule has 0 saturated carbocycles. The number of hydrogen-bond acceptors (Lipinski definition) is 6. The van der Waals surface area contributed by atoms with E-state index in [0.717, 1.165) is 18.2 Å². The summed E-state index contributed by atoms with van der Waals surface area (Å²) in [5.74, 6) is -2.26. The van der Waals surface area contributed by atoms with E-state index in [2.05, 4.69) is 10.3 Å². The van der Waals surface area contributed by atoms with E-state index in [1.807, 2.05) is 30.4 Å². The van der Waals surface area contributed by atoms with Crippen LogP contribution in [-0.2, 0) is 6.61 Å². The Morgan fingerprint density at radius 1 is 1.25 bits per heavy atom. The van der Waals surface area contributed by atoms with E-state index < -0.39 is 29.9 Å². The number of rotatable bonds is 5. The SMILES string of the molecule is O=C(NCC1=CC=CCC=C1)c1cnc(C(=O)NO)c(O)c1CO. The third-order valence-corrected chi connectivity index (χ3v) is 3.38. The Kier molecular flexibility index (Phi) is 5.83. The number of aromatic hydroxyl groups is 1. The van der Waals surface area contributed by atoms with Gasteiger partial charge in [0.1, 0.15) is 0 Å². The standard InChI is InChI=1S/C16H17N3O5/c20-9-12-11(8-17-13(14(12)21)16(23)19-24)15(22)18-7-10-5-3-1-2-4-6-10/h1,3-6,8,20-21,24H,2,7,9H2,(H,18,22)(H,19,23). The molecule has 0 bridgehead atoms. The van der Waals surface area contributed by atoms with Crippen LogP contribution in [0, 0.1) is 0 Å². The molecule has 24 heavy (non-hydrogen) atoms. The molecule has 5 N–H and O–H groups in total. The molecule has 0 spiro atoms. The van der Waals surface area contributed by atoms with Gasteiger partial charge >= 0.3 is 0 Å². The number of carbonyl (C=O) groups excluding carboxylic acids is 2. The van der Waals surface area contributed by atoms with E-state index in [0.29, 0.717) is 0 Å². The van der Waals surface area contributed by atoms with Crippen LogP contribution in [0.3, 0.4) is 0 Å². The average Bonchev–Trinajstić information content (AvgIpc) is 2.87. The summed E-state index contributed by atoms with van der Waals surface area (Å²) in [7, 11) is 0. The molecule has 8 heteroatoms. The predicted octanol–water partition coefficient (Wildman–Crippen LogP) is 0.571. The number of allylic oxidation sites excluding steroid dienone is 4. The molecule has 0 radical (unpaired) electrons. The third kappa shape index (κ3) is 3.86. The number of nitrogens with one attached hydrogen (secondary N) is 2. The van der Waals surface area contributed by atoms with Gasteiger partial charge in [0.05, 0.1) is 12.2 Å². The van der Waals surface area contributed by atoms with Crippen LogP contribution in [0.5, 0.6) is 5.75 Å². The fraction of sp³-hybridized carbons (Fsp3) is 0.188. The largest absolute Gasteiger partial charge is 0.505 e. The number of amides is 2. The summed E-state index contributed by atoms with van der Waals surface area (Å²) in [4.78, 5) is 27.3. The summed E-state index contributed by atoms with van der Waals surface area (Å²) in [6.07, 6.45) is 11.4. The topological polar surface area (TPSA) is 132 Å². The van der Waals surface area contributed by atoms with Gasteiger partial charge < -0.3 is 15.5 Å². The first-order valence-corrected chi connectivity index (χ1v) is 7.15. The van der Waals surface area contributed by atoms with Crippen LogP contribution in [0.2, 0.25) is 0 Å². The van der Waals surface area contributed by atoms with Crippen molar-refractivity contribution in [3.63, 3.8) is 0 Å². The van der Waals surface area contributed by atoms with Crippen LogP contribution in [0.4, 0.5) is 0 Å². The maximum atomic E-state index is 12.3. The molecule has 1 aromatic heterocycles. The highest BCUT2D eigenvalue weighted by molar-refractivity contribution is 5.99. The number of carbonyl (C=O) groups is 2. The van der Waals surface area contributed by atoms with E-state index in [1.54, 1.807) is 0 Å². The van der Waals surface area contributed by atoms with Gasteiger partial charge in [0.2, 0.25) is 0 Å². The number of aliphatic hydroxyl groups excluding tert-OH is 1. The van der Waals surface area contributed by atoms with Crippen LogP contribution in [0.1, 0.15) is 32.8 Å². The maximum Gasteiger partial charge on any atom is 0.297 e. The summed E-state index contributed by atoms with van der Waals surface area (Å²) in [6, 6.07) is 0. The van der Waals surface area contributed by atoms with E-state index in [1.165, 1.54) is 5.48 Å². The number of nitrogens with zero attached hydrogens (tertiary/aromatic N) is 1. The van der Waals surface area contributed by atoms with Gasteiger partial charge in [-0.2, -0.15) is 0 Å². The van der Waals surface area contributed by atoms with Crippen molar-refractivity contribution in [1.82, 2.24) is 15.8 Å². The summed E-state index contributed by atoms with van der Waals surface area (Å²) in [6.45, 7) is -0.418. The van der Waals surface area contributed by atoms with Gasteiger partial charge in [-0.15, -0.1) is 0 Å². The molecule has 0 atom stereocenters. The lowest BCUT2D eigenvalue weighted by Crippen LogP contribution is -2.27. The number of pyridine rings is 1. The molecule has 0 fully saturated rings. The first kappa shape index (κ1) is 17.4. The molecule has 1 aliphatic rings. The Morgan fingerprint density at radius 3 is 2.75 bits per heavy atom. The Morgan fingerprint density at radius 2 is 2.04 bits per heavy atom. The van der Waals surface area contributed by atoms with Gasteiger partial charge in [0.25, 0.3) is 11.8 Å². The molecule has 2 amide bonds. The van der Waals surface area contributed by atoms with Gasteiger partial charge in [-0.05, 0) is 12.0 Å². The number of hydrogen-bond donors (Lipinski definition) is 5. The fourth-order valence-corrected chi connectivity index (χ4v) is 2.13. The summed E-state index contributed by atoms with van der Waals surface area (Å²) in [5, 5.41) is 30.6. The van der Waals surface area contributed by atoms with E-state index in [-0.39, 0.29) is 17.7 Å². The minimum Gasteiger partial charge on any atom is -0.505 e. The van der Waals surface area contributed by atoms with Gasteiger partial charge in [-0.25, -0.2) is 10.5 Å². The number of aromatic nitrogens is 1. The molecule has 0 aromatic carbocycles. The van der Waals surface area contributed by atoms with Crippen molar-refractivity contribution in [3.05, 3.63) is 59.0 Å². The highest BCUT2D eigenvalue weighted by Crippen LogP contribution is 2.24. The monoisotopic (exact) mass is 331 g/mol. The smallest absolute Gasteiger partial charge is 0.297 e. The highest BCUT2D eigenvalue weighted by Gasteiger charge is 2.22. The van der Waals surface area contributed by atoms with Gasteiger partial charge in [0, 0.05) is 18.3 Å². The van der Waals surface area contributed by atoms with Gasteiger partial charge in [-0.3, -0.25) is 14.8 Å². The van der Waals surface area contributed by atoms with Crippen LogP contribution in [0.15, 0.2) is 42.2 Å². The number of aliphatic hydroxyl groups is 1. The van der Waals surface area contributed by atoms with Gasteiger partial charge in [-0.1, -0.05) is 30.4 Å². The zero-order chi connectivity index (χ0) is 17.5. The molecule has 1 aromatic rings. The Balaban J connectivity index is 2.20. The zero-order valence-corrected chi connectivity index (χ0v) is 12.7. The van der Waals surface area contributed by atoms with Crippen LogP contribution < -0.4 is 10.8 Å². The van der Waals surface area contributed by atoms with Crippen LogP contribution in [-0.4, -0.2) is 38.8 Å². The normalized spacial score (nSPS) is 13.2. The van der Waals surface area contributed by atoms with Crippen LogP contribution in [0.25, 0.3) is 0 Å². The summed E-state index contributed by atoms with van der Waals surface area (Å²) < 4.78 is 0. The summed E-state index contributed by atoms with van der Waals surface area (Å²) in [5.41, 5.74) is 1.52. The van der Waals surface area contributed by atoms with Crippen molar-refractivity contribution in [1.29, 1.82) is 0 Å². The van der Waals surface area contributed by atoms with Crippen molar-refractivity contribution in [2.45, 2.75) is 13.0 Å². The molecule has 0 unspecified atom stereocenters. The highest BCUT2D eigenvalue weighted by atomic mass is 16.5. The van der Waals surface area contributed by atoms with E-state index >= 15 is 0 Å². The Hall–Kier alpha value is -2.97. The molecule has 126 valence electrons. The molecular weight excluding hydrogens is 314 g/mol. The lowest BCUT2D eigenvalue weighted by atomic mass is 10.1. The quantitative estimate of drug-likeness (QED) is 0.396. The van der Waals surface area contributed by atoms with Crippen molar-refractivity contribution in [2.75, 3.05) is 6.54 Å². The molecule has 1 aliphatic carbocycles. The third-order valence-electron chi connectivity index (χ3n) is 3.38. The molecule has 1 heterocycles. The molecule has 2 rings (SSSR count). The van der Waals surface area contributed by atoms with Crippen LogP contribution >= 0.6 is 0 Å². The second-order valence-corrected chi connectivity index (χ2v) is 4.94. The molecule has 0 aliphatic heterocycles. The first-order chi connectivity index (χ1) is 11.6. The lowest BCUT2D eigenvalue weighted by molar-refractivity contribution is 0.0696. The maximum absolute atomic E-state index is 12.3. The minimum absolute atomic E-state index is 0.0572. The molecular formula is C16H17N3O5. The Labute approximate surface area is 137 Å². The second kappa shape index (κ2) is 8.04. The minimum atomic E-state index is -1.05. The fourth-order valence-electron chi connectivity index (χ4n) is 2.13. The lowest BCUT2D eigenvalue weighted by Gasteiger charge is -2.12. The zero-order valence-electron chi connectivity index (χ0n) is 12.7. The van der Waals surface area contributed by atoms with Crippen molar-refractivity contribution >= 4 is 11.8 Å². The summed E-state index contributed by atoms with van der Waals surface area (Å²) >= 11 is 0. The average molecular weight is 331 g/mol. The van der Waals surface area contributed by atoms with Crippen molar-refractivity contribution in [3.8, 4) is 5.75 Å². The second-order valence-electron chi connectivity index (χ2n) is 4.94. The van der Waals surface area contributed by atoms with E-state index in [4.69, 9.17) is 5.21 Å². The van der Waals surface area contributed by atoms with Crippen molar-refractivity contribution in [2.24, 2.45) is 0 Å². The first-order valence-electron chi connectivity index (χ1n) is 7.15. The predicted molar refractivity (Wildman–Crippen MR) is 84.4 cm³/mol. The molecule has 8 nitrogen and oxygen atoms in total. The number of hydroxylamine groups is 1. The Bertz CT molecular complexity index is 737. The molecule has 0 saturated heterocycles. The van der Waals surface area contributed by atoms with Gasteiger partial charge in [0.15, 0.2) is 11.4 Å². The van der Waals surface area contributed by atoms with E-state index in [9.17, 15) is 19.8 Å². The van der Waals surface area contributed by atoms with Crippen molar-refractivity contribution < 1.29 is 25.0 Å².